The van der Waals surface area contributed by atoms with Gasteiger partial charge in [0.15, 0.2) is 11.5 Å². The Bertz CT molecular complexity index is 827. The normalized spacial score (nSPS) is 18.4. The van der Waals surface area contributed by atoms with E-state index in [0.29, 0.717) is 18.8 Å². The predicted octanol–water partition coefficient (Wildman–Crippen LogP) is 2.75. The topological polar surface area (TPSA) is 66.9 Å². The number of piperazine rings is 1. The Morgan fingerprint density at radius 1 is 1.07 bits per heavy atom. The first-order valence-corrected chi connectivity index (χ1v) is 8.56. The molecule has 1 aromatic heterocycles. The summed E-state index contributed by atoms with van der Waals surface area (Å²) in [5.41, 5.74) is 1.55. The molecular formula is C18H18F2N4O3. The standard InChI is InChI=1S/C18H18F2N4O3/c19-18(20)26-15-2-1-14(11-16(15)27-18)22-17(25)24-9-7-23(8-10-24)12-13-3-5-21-6-4-13/h1-6,11H,7-10,12H2,(H,22,25). The van der Waals surface area contributed by atoms with Gasteiger partial charge in [0.2, 0.25) is 0 Å². The van der Waals surface area contributed by atoms with E-state index in [4.69, 9.17) is 0 Å². The SMILES string of the molecule is O=C(Nc1ccc2c(c1)OC(F)(F)O2)N1CCN(Cc2ccncc2)CC1. The molecule has 1 N–H and O–H groups in total. The van der Waals surface area contributed by atoms with Crippen molar-refractivity contribution in [2.45, 2.75) is 12.8 Å². The van der Waals surface area contributed by atoms with Crippen LogP contribution in [0.3, 0.4) is 0 Å². The van der Waals surface area contributed by atoms with Crippen molar-refractivity contribution in [3.63, 3.8) is 0 Å². The Kier molecular flexibility index (Phi) is 4.53. The molecule has 1 fully saturated rings. The van der Waals surface area contributed by atoms with Crippen LogP contribution in [0.25, 0.3) is 0 Å². The average molecular weight is 376 g/mol. The van der Waals surface area contributed by atoms with E-state index in [1.165, 1.54) is 23.8 Å². The molecule has 2 aliphatic rings. The zero-order chi connectivity index (χ0) is 18.9. The largest absolute Gasteiger partial charge is 0.586 e. The van der Waals surface area contributed by atoms with Crippen molar-refractivity contribution in [2.75, 3.05) is 31.5 Å². The smallest absolute Gasteiger partial charge is 0.395 e. The molecule has 4 rings (SSSR count). The van der Waals surface area contributed by atoms with Crippen LogP contribution in [0.4, 0.5) is 19.3 Å². The fourth-order valence-corrected chi connectivity index (χ4v) is 3.08. The summed E-state index contributed by atoms with van der Waals surface area (Å²) in [6.07, 6.45) is -0.142. The van der Waals surface area contributed by atoms with E-state index >= 15 is 0 Å². The summed E-state index contributed by atoms with van der Waals surface area (Å²) in [6, 6.07) is 7.85. The van der Waals surface area contributed by atoms with Gasteiger partial charge in [-0.3, -0.25) is 9.88 Å². The van der Waals surface area contributed by atoms with Gasteiger partial charge in [-0.05, 0) is 29.8 Å². The average Bonchev–Trinajstić information content (AvgIpc) is 2.96. The third kappa shape index (κ3) is 4.08. The predicted molar refractivity (Wildman–Crippen MR) is 92.8 cm³/mol. The van der Waals surface area contributed by atoms with Crippen molar-refractivity contribution in [1.82, 2.24) is 14.8 Å². The van der Waals surface area contributed by atoms with Gasteiger partial charge in [-0.1, -0.05) is 0 Å². The van der Waals surface area contributed by atoms with Crippen molar-refractivity contribution in [3.05, 3.63) is 48.3 Å². The van der Waals surface area contributed by atoms with E-state index in [9.17, 15) is 13.6 Å². The van der Waals surface area contributed by atoms with Crippen molar-refractivity contribution >= 4 is 11.7 Å². The highest BCUT2D eigenvalue weighted by Crippen LogP contribution is 2.42. The van der Waals surface area contributed by atoms with Crippen LogP contribution in [0.2, 0.25) is 0 Å². The number of halogens is 2. The molecule has 0 unspecified atom stereocenters. The molecule has 3 heterocycles. The van der Waals surface area contributed by atoms with E-state index in [2.05, 4.69) is 24.7 Å². The lowest BCUT2D eigenvalue weighted by atomic mass is 10.2. The van der Waals surface area contributed by atoms with Gasteiger partial charge >= 0.3 is 12.3 Å². The first-order chi connectivity index (χ1) is 13.0. The van der Waals surface area contributed by atoms with Crippen LogP contribution in [0.1, 0.15) is 5.56 Å². The first-order valence-electron chi connectivity index (χ1n) is 8.56. The second-order valence-electron chi connectivity index (χ2n) is 6.38. The number of rotatable bonds is 3. The second kappa shape index (κ2) is 6.99. The molecule has 0 atom stereocenters. The minimum absolute atomic E-state index is 0.0530. The third-order valence-corrected chi connectivity index (χ3v) is 4.47. The number of benzene rings is 1. The molecule has 7 nitrogen and oxygen atoms in total. The van der Waals surface area contributed by atoms with Crippen molar-refractivity contribution in [3.8, 4) is 11.5 Å². The quantitative estimate of drug-likeness (QED) is 0.892. The molecule has 0 spiro atoms. The number of alkyl halides is 2. The monoisotopic (exact) mass is 376 g/mol. The summed E-state index contributed by atoms with van der Waals surface area (Å²) in [7, 11) is 0. The molecule has 1 saturated heterocycles. The summed E-state index contributed by atoms with van der Waals surface area (Å²) in [6.45, 7) is 3.49. The molecule has 0 bridgehead atoms. The Morgan fingerprint density at radius 2 is 1.78 bits per heavy atom. The molecule has 2 amide bonds. The fourth-order valence-electron chi connectivity index (χ4n) is 3.08. The lowest BCUT2D eigenvalue weighted by Crippen LogP contribution is -2.49. The summed E-state index contributed by atoms with van der Waals surface area (Å²) in [5, 5.41) is 2.71. The Balaban J connectivity index is 1.30. The zero-order valence-electron chi connectivity index (χ0n) is 14.4. The molecule has 142 valence electrons. The van der Waals surface area contributed by atoms with Crippen LogP contribution in [0.15, 0.2) is 42.7 Å². The van der Waals surface area contributed by atoms with Crippen LogP contribution < -0.4 is 14.8 Å². The van der Waals surface area contributed by atoms with E-state index in [-0.39, 0.29) is 17.5 Å². The number of carbonyl (C=O) groups is 1. The second-order valence-corrected chi connectivity index (χ2v) is 6.38. The number of anilines is 1. The van der Waals surface area contributed by atoms with Crippen LogP contribution in [-0.2, 0) is 6.54 Å². The molecule has 27 heavy (non-hydrogen) atoms. The molecule has 2 aromatic rings. The maximum Gasteiger partial charge on any atom is 0.586 e. The number of carbonyl (C=O) groups excluding carboxylic acids is 1. The van der Waals surface area contributed by atoms with E-state index in [1.54, 1.807) is 17.3 Å². The van der Waals surface area contributed by atoms with E-state index in [1.807, 2.05) is 12.1 Å². The highest BCUT2D eigenvalue weighted by Gasteiger charge is 2.43. The lowest BCUT2D eigenvalue weighted by Gasteiger charge is -2.34. The highest BCUT2D eigenvalue weighted by atomic mass is 19.3. The minimum Gasteiger partial charge on any atom is -0.395 e. The number of hydrogen-bond donors (Lipinski definition) is 1. The number of hydrogen-bond acceptors (Lipinski definition) is 5. The fraction of sp³-hybridized carbons (Fsp3) is 0.333. The number of fused-ring (bicyclic) bond motifs is 1. The van der Waals surface area contributed by atoms with Crippen molar-refractivity contribution in [2.24, 2.45) is 0 Å². The van der Waals surface area contributed by atoms with Crippen LogP contribution in [0.5, 0.6) is 11.5 Å². The van der Waals surface area contributed by atoms with Gasteiger partial charge in [-0.25, -0.2) is 4.79 Å². The van der Waals surface area contributed by atoms with Crippen molar-refractivity contribution < 1.29 is 23.0 Å². The van der Waals surface area contributed by atoms with Crippen LogP contribution >= 0.6 is 0 Å². The maximum atomic E-state index is 13.1. The summed E-state index contributed by atoms with van der Waals surface area (Å²) in [5.74, 6) is -0.150. The summed E-state index contributed by atoms with van der Waals surface area (Å²) in [4.78, 5) is 20.4. The summed E-state index contributed by atoms with van der Waals surface area (Å²) >= 11 is 0. The van der Waals surface area contributed by atoms with Crippen molar-refractivity contribution in [1.29, 1.82) is 0 Å². The number of pyridine rings is 1. The Hall–Kier alpha value is -2.94. The number of ether oxygens (including phenoxy) is 2. The minimum atomic E-state index is -3.67. The molecule has 0 saturated carbocycles. The van der Waals surface area contributed by atoms with Gasteiger partial charge in [0.25, 0.3) is 0 Å². The van der Waals surface area contributed by atoms with E-state index < -0.39 is 6.29 Å². The number of nitrogens with zero attached hydrogens (tertiary/aromatic N) is 3. The van der Waals surface area contributed by atoms with Gasteiger partial charge < -0.3 is 19.7 Å². The van der Waals surface area contributed by atoms with Gasteiger partial charge in [0, 0.05) is 56.9 Å². The number of nitrogens with one attached hydrogen (secondary N) is 1. The molecule has 2 aliphatic heterocycles. The van der Waals surface area contributed by atoms with Crippen LogP contribution in [-0.4, -0.2) is 53.3 Å². The van der Waals surface area contributed by atoms with Gasteiger partial charge in [-0.2, -0.15) is 0 Å². The summed E-state index contributed by atoms with van der Waals surface area (Å²) < 4.78 is 34.9. The molecule has 9 heteroatoms. The third-order valence-electron chi connectivity index (χ3n) is 4.47. The molecular weight excluding hydrogens is 358 g/mol. The molecule has 0 aliphatic carbocycles. The Morgan fingerprint density at radius 3 is 2.52 bits per heavy atom. The highest BCUT2D eigenvalue weighted by molar-refractivity contribution is 5.89. The number of amides is 2. The van der Waals surface area contributed by atoms with Gasteiger partial charge in [0.1, 0.15) is 0 Å². The lowest BCUT2D eigenvalue weighted by molar-refractivity contribution is -0.286. The van der Waals surface area contributed by atoms with Gasteiger partial charge in [0.05, 0.1) is 0 Å². The zero-order valence-corrected chi connectivity index (χ0v) is 14.4. The molecule has 1 aromatic carbocycles. The van der Waals surface area contributed by atoms with E-state index in [0.717, 1.165) is 19.6 Å². The number of urea groups is 1. The molecule has 0 radical (unpaired) electrons. The Labute approximate surface area is 154 Å². The first kappa shape index (κ1) is 17.5. The maximum absolute atomic E-state index is 13.1. The number of aromatic nitrogens is 1. The van der Waals surface area contributed by atoms with Crippen LogP contribution in [0, 0.1) is 0 Å². The van der Waals surface area contributed by atoms with Gasteiger partial charge in [-0.15, -0.1) is 8.78 Å².